The van der Waals surface area contributed by atoms with Crippen LogP contribution in [0.2, 0.25) is 0 Å². The van der Waals surface area contributed by atoms with Gasteiger partial charge in [-0.15, -0.1) is 11.3 Å². The first-order chi connectivity index (χ1) is 14.1. The number of piperidine rings is 1. The van der Waals surface area contributed by atoms with Crippen LogP contribution in [-0.2, 0) is 29.7 Å². The molecule has 3 heterocycles. The van der Waals surface area contributed by atoms with E-state index in [-0.39, 0.29) is 5.60 Å². The third-order valence-corrected chi connectivity index (χ3v) is 8.59. The van der Waals surface area contributed by atoms with Crippen molar-refractivity contribution in [3.05, 3.63) is 51.2 Å². The molecule has 2 aliphatic heterocycles. The average Bonchev–Trinajstić information content (AvgIpc) is 3.16. The van der Waals surface area contributed by atoms with Gasteiger partial charge in [0.05, 0.1) is 12.2 Å². The van der Waals surface area contributed by atoms with Gasteiger partial charge in [-0.25, -0.2) is 0 Å². The second kappa shape index (κ2) is 9.42. The lowest BCUT2D eigenvalue weighted by molar-refractivity contribution is -0.0981. The Bertz CT molecular complexity index is 792. The Balaban J connectivity index is 1.32. The van der Waals surface area contributed by atoms with E-state index in [9.17, 15) is 0 Å². The SMILES string of the molecule is CCc1cc2c(s1)CCOC21CCN(Cc2ccc(NSCC(C)C)cc2)CC1. The van der Waals surface area contributed by atoms with E-state index in [1.807, 2.05) is 11.3 Å². The van der Waals surface area contributed by atoms with E-state index in [2.05, 4.69) is 60.7 Å². The number of benzene rings is 1. The number of aryl methyl sites for hydroxylation is 1. The van der Waals surface area contributed by atoms with Gasteiger partial charge in [0.25, 0.3) is 0 Å². The molecule has 1 spiro atoms. The molecule has 0 bridgehead atoms. The van der Waals surface area contributed by atoms with Crippen LogP contribution >= 0.6 is 23.3 Å². The number of nitrogens with one attached hydrogen (secondary N) is 1. The summed E-state index contributed by atoms with van der Waals surface area (Å²) in [5.74, 6) is 1.84. The number of fused-ring (bicyclic) bond motifs is 2. The highest BCUT2D eigenvalue weighted by molar-refractivity contribution is 8.00. The summed E-state index contributed by atoms with van der Waals surface area (Å²) >= 11 is 3.81. The fraction of sp³-hybridized carbons (Fsp3) is 0.583. The van der Waals surface area contributed by atoms with Crippen LogP contribution in [-0.4, -0.2) is 30.3 Å². The minimum absolute atomic E-state index is 0.0184. The standard InChI is InChI=1S/C24H34N2OS2/c1-4-21-15-22-23(29-21)9-14-27-24(22)10-12-26(13-11-24)16-19-5-7-20(8-6-19)25-28-17-18(2)3/h5-8,15,18,25H,4,9-14,16-17H2,1-3H3. The molecule has 1 fully saturated rings. The van der Waals surface area contributed by atoms with E-state index < -0.39 is 0 Å². The second-order valence-corrected chi connectivity index (χ2v) is 10.8. The molecule has 5 heteroatoms. The Morgan fingerprint density at radius 3 is 2.66 bits per heavy atom. The number of anilines is 1. The van der Waals surface area contributed by atoms with E-state index in [1.54, 1.807) is 16.8 Å². The van der Waals surface area contributed by atoms with Crippen LogP contribution in [0.1, 0.15) is 54.5 Å². The lowest BCUT2D eigenvalue weighted by Gasteiger charge is -2.44. The highest BCUT2D eigenvalue weighted by atomic mass is 32.2. The monoisotopic (exact) mass is 430 g/mol. The van der Waals surface area contributed by atoms with Crippen molar-refractivity contribution in [3.8, 4) is 0 Å². The topological polar surface area (TPSA) is 24.5 Å². The van der Waals surface area contributed by atoms with Crippen LogP contribution in [0.15, 0.2) is 30.3 Å². The van der Waals surface area contributed by atoms with Crippen LogP contribution in [0.4, 0.5) is 5.69 Å². The molecule has 0 unspecified atom stereocenters. The summed E-state index contributed by atoms with van der Waals surface area (Å²) in [6.07, 6.45) is 4.47. The number of nitrogens with zero attached hydrogens (tertiary/aromatic N) is 1. The fourth-order valence-electron chi connectivity index (χ4n) is 4.36. The van der Waals surface area contributed by atoms with Crippen LogP contribution in [0.5, 0.6) is 0 Å². The Labute approximate surface area is 184 Å². The van der Waals surface area contributed by atoms with Crippen molar-refractivity contribution in [2.75, 3.05) is 30.2 Å². The Hall–Kier alpha value is -1.01. The van der Waals surface area contributed by atoms with Gasteiger partial charge in [0.15, 0.2) is 0 Å². The quantitative estimate of drug-likeness (QED) is 0.537. The van der Waals surface area contributed by atoms with Gasteiger partial charge in [-0.2, -0.15) is 0 Å². The molecule has 1 aromatic heterocycles. The summed E-state index contributed by atoms with van der Waals surface area (Å²) in [5.41, 5.74) is 4.09. The molecular formula is C24H34N2OS2. The Morgan fingerprint density at radius 2 is 1.97 bits per heavy atom. The van der Waals surface area contributed by atoms with Crippen LogP contribution in [0.3, 0.4) is 0 Å². The third kappa shape index (κ3) is 5.01. The number of thiophene rings is 1. The van der Waals surface area contributed by atoms with Crippen molar-refractivity contribution >= 4 is 29.0 Å². The maximum absolute atomic E-state index is 6.43. The number of likely N-dealkylation sites (tertiary alicyclic amines) is 1. The molecule has 29 heavy (non-hydrogen) atoms. The molecule has 2 aromatic rings. The lowest BCUT2D eigenvalue weighted by atomic mass is 9.82. The normalized spacial score (nSPS) is 18.9. The van der Waals surface area contributed by atoms with Crippen molar-refractivity contribution in [2.24, 2.45) is 5.92 Å². The van der Waals surface area contributed by atoms with Gasteiger partial charge in [0.2, 0.25) is 0 Å². The average molecular weight is 431 g/mol. The van der Waals surface area contributed by atoms with Crippen molar-refractivity contribution in [2.45, 2.75) is 58.6 Å². The van der Waals surface area contributed by atoms with Crippen molar-refractivity contribution < 1.29 is 4.74 Å². The van der Waals surface area contributed by atoms with Gasteiger partial charge in [0, 0.05) is 47.2 Å². The van der Waals surface area contributed by atoms with Gasteiger partial charge < -0.3 is 9.46 Å². The number of ether oxygens (including phenoxy) is 1. The molecule has 2 aliphatic rings. The zero-order chi connectivity index (χ0) is 20.3. The predicted octanol–water partition coefficient (Wildman–Crippen LogP) is 6.09. The van der Waals surface area contributed by atoms with Crippen LogP contribution < -0.4 is 4.72 Å². The molecule has 1 N–H and O–H groups in total. The first-order valence-corrected chi connectivity index (χ1v) is 12.8. The number of hydrogen-bond donors (Lipinski definition) is 1. The van der Waals surface area contributed by atoms with E-state index in [0.29, 0.717) is 5.92 Å². The highest BCUT2D eigenvalue weighted by Crippen LogP contribution is 2.44. The number of rotatable bonds is 7. The molecule has 0 aliphatic carbocycles. The summed E-state index contributed by atoms with van der Waals surface area (Å²) in [6, 6.07) is 11.4. The Morgan fingerprint density at radius 1 is 1.21 bits per heavy atom. The molecule has 1 saturated heterocycles. The summed E-state index contributed by atoms with van der Waals surface area (Å²) in [5, 5.41) is 0. The largest absolute Gasteiger partial charge is 0.370 e. The Kier molecular flexibility index (Phi) is 6.90. The zero-order valence-electron chi connectivity index (χ0n) is 18.0. The molecular weight excluding hydrogens is 396 g/mol. The second-order valence-electron chi connectivity index (χ2n) is 8.78. The molecule has 1 aromatic carbocycles. The van der Waals surface area contributed by atoms with Gasteiger partial charge in [-0.1, -0.05) is 44.9 Å². The van der Waals surface area contributed by atoms with E-state index >= 15 is 0 Å². The van der Waals surface area contributed by atoms with Gasteiger partial charge in [0.1, 0.15) is 0 Å². The minimum Gasteiger partial charge on any atom is -0.370 e. The third-order valence-electron chi connectivity index (χ3n) is 6.04. The van der Waals surface area contributed by atoms with Gasteiger partial charge >= 0.3 is 0 Å². The zero-order valence-corrected chi connectivity index (χ0v) is 19.6. The van der Waals surface area contributed by atoms with Crippen LogP contribution in [0, 0.1) is 5.92 Å². The predicted molar refractivity (Wildman–Crippen MR) is 127 cm³/mol. The first-order valence-electron chi connectivity index (χ1n) is 11.0. The molecule has 0 radical (unpaired) electrons. The van der Waals surface area contributed by atoms with Crippen molar-refractivity contribution in [1.82, 2.24) is 4.90 Å². The molecule has 3 nitrogen and oxygen atoms in total. The summed E-state index contributed by atoms with van der Waals surface area (Å²) in [7, 11) is 0. The molecule has 0 saturated carbocycles. The fourth-order valence-corrected chi connectivity index (χ4v) is 6.26. The van der Waals surface area contributed by atoms with Crippen molar-refractivity contribution in [3.63, 3.8) is 0 Å². The van der Waals surface area contributed by atoms with E-state index in [1.165, 1.54) is 21.7 Å². The van der Waals surface area contributed by atoms with Crippen molar-refractivity contribution in [1.29, 1.82) is 0 Å². The summed E-state index contributed by atoms with van der Waals surface area (Å²) in [4.78, 5) is 5.69. The smallest absolute Gasteiger partial charge is 0.0966 e. The summed E-state index contributed by atoms with van der Waals surface area (Å²) < 4.78 is 9.88. The van der Waals surface area contributed by atoms with E-state index in [0.717, 1.165) is 57.7 Å². The maximum Gasteiger partial charge on any atom is 0.0966 e. The maximum atomic E-state index is 6.43. The molecule has 158 valence electrons. The highest BCUT2D eigenvalue weighted by Gasteiger charge is 2.41. The molecule has 0 atom stereocenters. The summed E-state index contributed by atoms with van der Waals surface area (Å²) in [6.45, 7) is 10.9. The molecule has 0 amide bonds. The van der Waals surface area contributed by atoms with Gasteiger partial charge in [-0.3, -0.25) is 4.90 Å². The van der Waals surface area contributed by atoms with Gasteiger partial charge in [-0.05, 0) is 54.5 Å². The minimum atomic E-state index is -0.0184. The number of hydrogen-bond acceptors (Lipinski definition) is 5. The van der Waals surface area contributed by atoms with E-state index in [4.69, 9.17) is 4.74 Å². The van der Waals surface area contributed by atoms with Crippen LogP contribution in [0.25, 0.3) is 0 Å². The lowest BCUT2D eigenvalue weighted by Crippen LogP contribution is -2.45. The first kappa shape index (κ1) is 21.2. The molecule has 4 rings (SSSR count).